The van der Waals surface area contributed by atoms with Crippen LogP contribution < -0.4 is 11.5 Å². The predicted molar refractivity (Wildman–Crippen MR) is 51.3 cm³/mol. The van der Waals surface area contributed by atoms with Gasteiger partial charge in [0.25, 0.3) is 0 Å². The summed E-state index contributed by atoms with van der Waals surface area (Å²) in [6, 6.07) is 1.45. The van der Waals surface area contributed by atoms with Crippen molar-refractivity contribution in [2.24, 2.45) is 0 Å². The first-order valence-corrected chi connectivity index (χ1v) is 4.11. The first-order chi connectivity index (χ1) is 6.09. The number of halogens is 2. The quantitative estimate of drug-likeness (QED) is 0.665. The monoisotopic (exact) mass is 218 g/mol. The Morgan fingerprint density at radius 3 is 2.77 bits per heavy atom. The summed E-state index contributed by atoms with van der Waals surface area (Å²) < 4.78 is 4.76. The molecule has 13 heavy (non-hydrogen) atoms. The Kier molecular flexibility index (Phi) is 1.75. The summed E-state index contributed by atoms with van der Waals surface area (Å²) in [7, 11) is 0. The minimum Gasteiger partial charge on any atom is -0.406 e. The van der Waals surface area contributed by atoms with Crippen LogP contribution in [0.3, 0.4) is 0 Å². The summed E-state index contributed by atoms with van der Waals surface area (Å²) in [5.74, 6) is -0.606. The van der Waals surface area contributed by atoms with Crippen LogP contribution in [0.5, 0.6) is 0 Å². The molecule has 0 radical (unpaired) electrons. The van der Waals surface area contributed by atoms with Crippen molar-refractivity contribution < 1.29 is 4.42 Å². The SMILES string of the molecule is Nc1c(Cl)cc(Cl)c2[nH]c(=O)oc12. The molecule has 1 aromatic heterocycles. The highest BCUT2D eigenvalue weighted by Gasteiger charge is 2.11. The maximum atomic E-state index is 10.8. The van der Waals surface area contributed by atoms with Gasteiger partial charge in [0.05, 0.1) is 15.7 Å². The van der Waals surface area contributed by atoms with Gasteiger partial charge in [-0.3, -0.25) is 4.98 Å². The lowest BCUT2D eigenvalue weighted by atomic mass is 10.3. The maximum Gasteiger partial charge on any atom is 0.417 e. The van der Waals surface area contributed by atoms with Crippen LogP contribution in [0.25, 0.3) is 11.1 Å². The number of nitrogens with two attached hydrogens (primary N) is 1. The van der Waals surface area contributed by atoms with E-state index < -0.39 is 5.76 Å². The van der Waals surface area contributed by atoms with Crippen molar-refractivity contribution in [3.05, 3.63) is 26.7 Å². The zero-order chi connectivity index (χ0) is 9.59. The molecule has 0 fully saturated rings. The number of aromatic nitrogens is 1. The second kappa shape index (κ2) is 2.68. The fourth-order valence-corrected chi connectivity index (χ4v) is 1.55. The number of oxazole rings is 1. The van der Waals surface area contributed by atoms with E-state index in [1.54, 1.807) is 0 Å². The van der Waals surface area contributed by atoms with Gasteiger partial charge < -0.3 is 10.2 Å². The van der Waals surface area contributed by atoms with Gasteiger partial charge in [0.1, 0.15) is 5.52 Å². The first-order valence-electron chi connectivity index (χ1n) is 3.36. The van der Waals surface area contributed by atoms with Crippen molar-refractivity contribution in [2.75, 3.05) is 5.73 Å². The molecule has 0 bridgehead atoms. The van der Waals surface area contributed by atoms with E-state index in [1.165, 1.54) is 6.07 Å². The Labute approximate surface area is 82.2 Å². The number of nitrogen functional groups attached to an aromatic ring is 1. The van der Waals surface area contributed by atoms with Gasteiger partial charge in [-0.2, -0.15) is 0 Å². The van der Waals surface area contributed by atoms with E-state index in [4.69, 9.17) is 33.4 Å². The van der Waals surface area contributed by atoms with Crippen LogP contribution in [0.4, 0.5) is 5.69 Å². The van der Waals surface area contributed by atoms with Gasteiger partial charge in [0.2, 0.25) is 0 Å². The van der Waals surface area contributed by atoms with E-state index in [9.17, 15) is 4.79 Å². The summed E-state index contributed by atoms with van der Waals surface area (Å²) >= 11 is 11.5. The van der Waals surface area contributed by atoms with E-state index >= 15 is 0 Å². The predicted octanol–water partition coefficient (Wildman–Crippen LogP) is 2.01. The molecule has 1 aromatic carbocycles. The van der Waals surface area contributed by atoms with Gasteiger partial charge in [-0.25, -0.2) is 4.79 Å². The number of rotatable bonds is 0. The summed E-state index contributed by atoms with van der Waals surface area (Å²) in [5.41, 5.74) is 6.33. The molecule has 0 aliphatic heterocycles. The summed E-state index contributed by atoms with van der Waals surface area (Å²) in [4.78, 5) is 13.2. The third kappa shape index (κ3) is 1.18. The molecule has 6 heteroatoms. The number of nitrogens with one attached hydrogen (secondary N) is 1. The second-order valence-electron chi connectivity index (χ2n) is 2.47. The highest BCUT2D eigenvalue weighted by Crippen LogP contribution is 2.32. The van der Waals surface area contributed by atoms with Crippen molar-refractivity contribution in [1.29, 1.82) is 0 Å². The van der Waals surface area contributed by atoms with Crippen molar-refractivity contribution in [3.63, 3.8) is 0 Å². The zero-order valence-corrected chi connectivity index (χ0v) is 7.74. The lowest BCUT2D eigenvalue weighted by Crippen LogP contribution is -1.93. The topological polar surface area (TPSA) is 72.0 Å². The molecule has 0 amide bonds. The molecular formula is C7H4Cl2N2O2. The zero-order valence-electron chi connectivity index (χ0n) is 6.23. The molecule has 2 rings (SSSR count). The van der Waals surface area contributed by atoms with Crippen LogP contribution >= 0.6 is 23.2 Å². The third-order valence-electron chi connectivity index (χ3n) is 1.64. The number of hydrogen-bond donors (Lipinski definition) is 2. The van der Waals surface area contributed by atoms with E-state index in [1.807, 2.05) is 0 Å². The van der Waals surface area contributed by atoms with Crippen LogP contribution in [0.2, 0.25) is 10.0 Å². The molecule has 0 aliphatic rings. The van der Waals surface area contributed by atoms with Gasteiger partial charge >= 0.3 is 5.76 Å². The number of H-pyrrole nitrogens is 1. The average Bonchev–Trinajstić information content (AvgIpc) is 2.44. The van der Waals surface area contributed by atoms with Crippen molar-refractivity contribution in [2.45, 2.75) is 0 Å². The molecular weight excluding hydrogens is 215 g/mol. The molecule has 0 saturated heterocycles. The highest BCUT2D eigenvalue weighted by atomic mass is 35.5. The third-order valence-corrected chi connectivity index (χ3v) is 2.25. The number of benzene rings is 1. The van der Waals surface area contributed by atoms with Crippen molar-refractivity contribution in [1.82, 2.24) is 4.98 Å². The Hall–Kier alpha value is -1.13. The molecule has 4 nitrogen and oxygen atoms in total. The minimum absolute atomic E-state index is 0.197. The van der Waals surface area contributed by atoms with Crippen LogP contribution in [0.1, 0.15) is 0 Å². The smallest absolute Gasteiger partial charge is 0.406 e. The molecule has 0 aliphatic carbocycles. The number of aromatic amines is 1. The van der Waals surface area contributed by atoms with E-state index in [-0.39, 0.29) is 16.3 Å². The fourth-order valence-electron chi connectivity index (χ4n) is 1.06. The molecule has 1 heterocycles. The molecule has 68 valence electrons. The number of anilines is 1. The number of hydrogen-bond acceptors (Lipinski definition) is 3. The lowest BCUT2D eigenvalue weighted by molar-refractivity contribution is 0.556. The van der Waals surface area contributed by atoms with Gasteiger partial charge in [0.15, 0.2) is 5.58 Å². The standard InChI is InChI=1S/C7H4Cl2N2O2/c8-2-1-3(9)5-6(4(2)10)13-7(12)11-5/h1H,10H2,(H,11,12). The Bertz CT molecular complexity index is 529. The van der Waals surface area contributed by atoms with E-state index in [0.717, 1.165) is 0 Å². The lowest BCUT2D eigenvalue weighted by Gasteiger charge is -1.98. The average molecular weight is 219 g/mol. The molecule has 0 unspecified atom stereocenters. The van der Waals surface area contributed by atoms with Gasteiger partial charge in [0, 0.05) is 0 Å². The fraction of sp³-hybridized carbons (Fsp3) is 0. The van der Waals surface area contributed by atoms with Gasteiger partial charge in [-0.1, -0.05) is 23.2 Å². The summed E-state index contributed by atoms with van der Waals surface area (Å²) in [6.45, 7) is 0. The Balaban J connectivity index is 3.04. The van der Waals surface area contributed by atoms with Crippen LogP contribution in [0, 0.1) is 0 Å². The Morgan fingerprint density at radius 2 is 2.08 bits per heavy atom. The highest BCUT2D eigenvalue weighted by molar-refractivity contribution is 6.40. The van der Waals surface area contributed by atoms with Crippen molar-refractivity contribution >= 4 is 40.0 Å². The maximum absolute atomic E-state index is 10.8. The largest absolute Gasteiger partial charge is 0.417 e. The molecule has 0 spiro atoms. The summed E-state index contributed by atoms with van der Waals surface area (Å²) in [6.07, 6.45) is 0. The normalized spacial score (nSPS) is 10.9. The van der Waals surface area contributed by atoms with Gasteiger partial charge in [-0.05, 0) is 6.07 Å². The second-order valence-corrected chi connectivity index (χ2v) is 3.29. The van der Waals surface area contributed by atoms with Crippen LogP contribution in [-0.2, 0) is 0 Å². The Morgan fingerprint density at radius 1 is 1.38 bits per heavy atom. The van der Waals surface area contributed by atoms with Gasteiger partial charge in [-0.15, -0.1) is 0 Å². The number of fused-ring (bicyclic) bond motifs is 1. The first kappa shape index (κ1) is 8.47. The minimum atomic E-state index is -0.606. The molecule has 2 aromatic rings. The molecule has 0 atom stereocenters. The van der Waals surface area contributed by atoms with Crippen LogP contribution in [-0.4, -0.2) is 4.98 Å². The van der Waals surface area contributed by atoms with E-state index in [2.05, 4.69) is 4.98 Å². The molecule has 0 saturated carbocycles. The van der Waals surface area contributed by atoms with Crippen LogP contribution in [0.15, 0.2) is 15.3 Å². The van der Waals surface area contributed by atoms with E-state index in [0.29, 0.717) is 10.5 Å². The van der Waals surface area contributed by atoms with Crippen molar-refractivity contribution in [3.8, 4) is 0 Å². The summed E-state index contributed by atoms with van der Waals surface area (Å²) in [5, 5.41) is 0.570. The molecule has 3 N–H and O–H groups in total.